The fourth-order valence-corrected chi connectivity index (χ4v) is 4.41. The predicted octanol–water partition coefficient (Wildman–Crippen LogP) is 3.62. The molecule has 2 heterocycles. The van der Waals surface area contributed by atoms with Crippen molar-refractivity contribution in [1.82, 2.24) is 9.80 Å². The number of benzene rings is 2. The number of likely N-dealkylation sites (tertiary alicyclic amines) is 1. The van der Waals surface area contributed by atoms with E-state index in [2.05, 4.69) is 4.90 Å². The first-order valence-corrected chi connectivity index (χ1v) is 10.8. The van der Waals surface area contributed by atoms with Crippen molar-refractivity contribution in [2.24, 2.45) is 0 Å². The smallest absolute Gasteiger partial charge is 0.250 e. The molecule has 5 nitrogen and oxygen atoms in total. The van der Waals surface area contributed by atoms with Crippen LogP contribution in [0.3, 0.4) is 0 Å². The van der Waals surface area contributed by atoms with Crippen LogP contribution in [0.2, 0.25) is 0 Å². The highest BCUT2D eigenvalue weighted by molar-refractivity contribution is 5.89. The Morgan fingerprint density at radius 3 is 2.33 bits per heavy atom. The third-order valence-corrected chi connectivity index (χ3v) is 6.02. The predicted molar refractivity (Wildman–Crippen MR) is 115 cm³/mol. The molecular formula is C24H28FN3O2. The topological polar surface area (TPSA) is 43.9 Å². The van der Waals surface area contributed by atoms with Gasteiger partial charge in [0.1, 0.15) is 11.9 Å². The molecule has 30 heavy (non-hydrogen) atoms. The number of amides is 2. The molecule has 0 bridgehead atoms. The van der Waals surface area contributed by atoms with Crippen molar-refractivity contribution in [3.05, 3.63) is 66.0 Å². The van der Waals surface area contributed by atoms with E-state index < -0.39 is 6.04 Å². The Bertz CT molecular complexity index is 872. The summed E-state index contributed by atoms with van der Waals surface area (Å²) < 4.78 is 13.3. The molecule has 0 saturated carbocycles. The normalized spacial score (nSPS) is 18.8. The number of halogens is 1. The van der Waals surface area contributed by atoms with Gasteiger partial charge in [-0.05, 0) is 49.1 Å². The Morgan fingerprint density at radius 2 is 1.60 bits per heavy atom. The second-order valence-electron chi connectivity index (χ2n) is 8.00. The minimum Gasteiger partial charge on any atom is -0.370 e. The second kappa shape index (κ2) is 9.28. The average Bonchev–Trinajstić information content (AvgIpc) is 3.03. The number of nitrogens with zero attached hydrogens (tertiary/aromatic N) is 3. The van der Waals surface area contributed by atoms with E-state index in [1.165, 1.54) is 12.1 Å². The molecule has 2 aliphatic rings. The van der Waals surface area contributed by atoms with Crippen molar-refractivity contribution in [3.63, 3.8) is 0 Å². The maximum absolute atomic E-state index is 13.6. The van der Waals surface area contributed by atoms with E-state index in [1.54, 1.807) is 17.0 Å². The summed E-state index contributed by atoms with van der Waals surface area (Å²) in [6.07, 6.45) is 3.16. The number of hydrogen-bond acceptors (Lipinski definition) is 3. The Balaban J connectivity index is 1.52. The molecule has 1 atom stereocenters. The van der Waals surface area contributed by atoms with Crippen molar-refractivity contribution >= 4 is 17.5 Å². The highest BCUT2D eigenvalue weighted by Crippen LogP contribution is 2.28. The van der Waals surface area contributed by atoms with Crippen LogP contribution in [0.15, 0.2) is 54.6 Å². The number of anilines is 1. The van der Waals surface area contributed by atoms with Crippen LogP contribution in [0.1, 0.15) is 37.3 Å². The van der Waals surface area contributed by atoms with Crippen LogP contribution in [0.25, 0.3) is 0 Å². The summed E-state index contributed by atoms with van der Waals surface area (Å²) in [5, 5.41) is 0. The van der Waals surface area contributed by atoms with Gasteiger partial charge in [0.05, 0.1) is 0 Å². The number of piperidine rings is 1. The number of rotatable bonds is 4. The molecule has 2 aliphatic heterocycles. The molecular weight excluding hydrogens is 381 g/mol. The third-order valence-electron chi connectivity index (χ3n) is 6.02. The van der Waals surface area contributed by atoms with Crippen molar-refractivity contribution in [2.75, 3.05) is 37.6 Å². The van der Waals surface area contributed by atoms with E-state index in [0.29, 0.717) is 32.6 Å². The molecule has 158 valence electrons. The molecule has 2 aromatic carbocycles. The first kappa shape index (κ1) is 20.4. The summed E-state index contributed by atoms with van der Waals surface area (Å²) in [5.74, 6) is -0.189. The summed E-state index contributed by atoms with van der Waals surface area (Å²) in [4.78, 5) is 32.1. The summed E-state index contributed by atoms with van der Waals surface area (Å²) >= 11 is 0. The molecule has 2 aromatic rings. The van der Waals surface area contributed by atoms with Gasteiger partial charge in [0.2, 0.25) is 11.8 Å². The van der Waals surface area contributed by atoms with E-state index in [9.17, 15) is 14.0 Å². The monoisotopic (exact) mass is 409 g/mol. The van der Waals surface area contributed by atoms with Gasteiger partial charge in [-0.25, -0.2) is 4.39 Å². The van der Waals surface area contributed by atoms with Crippen LogP contribution in [-0.2, 0) is 9.59 Å². The van der Waals surface area contributed by atoms with Crippen LogP contribution in [-0.4, -0.2) is 54.3 Å². The fraction of sp³-hybridized carbons (Fsp3) is 0.417. The SMILES string of the molecule is O=C(C(c1ccccc1)N1CCCCC1=O)N1CCCN(c2ccc(F)cc2)CC1. The quantitative estimate of drug-likeness (QED) is 0.775. The molecule has 1 unspecified atom stereocenters. The van der Waals surface area contributed by atoms with E-state index in [4.69, 9.17) is 0 Å². The Labute approximate surface area is 177 Å². The maximum Gasteiger partial charge on any atom is 0.250 e. The van der Waals surface area contributed by atoms with Gasteiger partial charge >= 0.3 is 0 Å². The van der Waals surface area contributed by atoms with Gasteiger partial charge in [-0.15, -0.1) is 0 Å². The van der Waals surface area contributed by atoms with Crippen molar-refractivity contribution in [3.8, 4) is 0 Å². The maximum atomic E-state index is 13.6. The lowest BCUT2D eigenvalue weighted by atomic mass is 10.00. The van der Waals surface area contributed by atoms with Crippen LogP contribution >= 0.6 is 0 Å². The highest BCUT2D eigenvalue weighted by Gasteiger charge is 2.35. The van der Waals surface area contributed by atoms with Crippen LogP contribution < -0.4 is 4.90 Å². The zero-order chi connectivity index (χ0) is 20.9. The Morgan fingerprint density at radius 1 is 0.833 bits per heavy atom. The molecule has 6 heteroatoms. The number of hydrogen-bond donors (Lipinski definition) is 0. The van der Waals surface area contributed by atoms with Gasteiger partial charge in [0.15, 0.2) is 0 Å². The lowest BCUT2D eigenvalue weighted by Crippen LogP contribution is -2.48. The second-order valence-corrected chi connectivity index (χ2v) is 8.00. The minimum absolute atomic E-state index is 0.00240. The van der Waals surface area contributed by atoms with E-state index >= 15 is 0 Å². The summed E-state index contributed by atoms with van der Waals surface area (Å²) in [6, 6.07) is 15.6. The summed E-state index contributed by atoms with van der Waals surface area (Å²) in [5.41, 5.74) is 1.84. The van der Waals surface area contributed by atoms with Gasteiger partial charge in [-0.2, -0.15) is 0 Å². The summed E-state index contributed by atoms with van der Waals surface area (Å²) in [7, 11) is 0. The Hall–Kier alpha value is -2.89. The third kappa shape index (κ3) is 4.48. The van der Waals surface area contributed by atoms with E-state index in [0.717, 1.165) is 37.1 Å². The van der Waals surface area contributed by atoms with Crippen molar-refractivity contribution < 1.29 is 14.0 Å². The number of carbonyl (C=O) groups excluding carboxylic acids is 2. The van der Waals surface area contributed by atoms with Crippen LogP contribution in [0.4, 0.5) is 10.1 Å². The van der Waals surface area contributed by atoms with Crippen LogP contribution in [0.5, 0.6) is 0 Å². The zero-order valence-electron chi connectivity index (χ0n) is 17.2. The fourth-order valence-electron chi connectivity index (χ4n) is 4.41. The van der Waals surface area contributed by atoms with Crippen LogP contribution in [0, 0.1) is 5.82 Å². The van der Waals surface area contributed by atoms with Gasteiger partial charge in [-0.3, -0.25) is 9.59 Å². The van der Waals surface area contributed by atoms with Crippen molar-refractivity contribution in [1.29, 1.82) is 0 Å². The lowest BCUT2D eigenvalue weighted by Gasteiger charge is -2.37. The standard InChI is InChI=1S/C24H28FN3O2/c25-20-10-12-21(13-11-20)26-14-6-15-27(18-17-26)24(30)23(19-7-2-1-3-8-19)28-16-5-4-9-22(28)29/h1-3,7-8,10-13,23H,4-6,9,14-18H2. The van der Waals surface area contributed by atoms with Crippen molar-refractivity contribution in [2.45, 2.75) is 31.7 Å². The minimum atomic E-state index is -0.559. The summed E-state index contributed by atoms with van der Waals surface area (Å²) in [6.45, 7) is 3.37. The molecule has 4 rings (SSSR count). The number of carbonyl (C=O) groups is 2. The van der Waals surface area contributed by atoms with Gasteiger partial charge < -0.3 is 14.7 Å². The average molecular weight is 410 g/mol. The molecule has 2 saturated heterocycles. The van der Waals surface area contributed by atoms with Gasteiger partial charge in [0, 0.05) is 44.8 Å². The molecule has 2 amide bonds. The largest absolute Gasteiger partial charge is 0.370 e. The molecule has 0 aromatic heterocycles. The van der Waals surface area contributed by atoms with E-state index in [1.807, 2.05) is 35.2 Å². The van der Waals surface area contributed by atoms with Gasteiger partial charge in [-0.1, -0.05) is 30.3 Å². The molecule has 0 spiro atoms. The molecule has 0 aliphatic carbocycles. The van der Waals surface area contributed by atoms with Gasteiger partial charge in [0.25, 0.3) is 0 Å². The molecule has 0 N–H and O–H groups in total. The zero-order valence-corrected chi connectivity index (χ0v) is 17.2. The Kier molecular flexibility index (Phi) is 6.31. The first-order chi connectivity index (χ1) is 14.6. The lowest BCUT2D eigenvalue weighted by molar-refractivity contribution is -0.147. The highest BCUT2D eigenvalue weighted by atomic mass is 19.1. The molecule has 2 fully saturated rings. The first-order valence-electron chi connectivity index (χ1n) is 10.8. The van der Waals surface area contributed by atoms with E-state index in [-0.39, 0.29) is 17.6 Å². The molecule has 0 radical (unpaired) electrons.